The molecule has 0 aliphatic carbocycles. The summed E-state index contributed by atoms with van der Waals surface area (Å²) in [7, 11) is 0. The lowest BCUT2D eigenvalue weighted by atomic mass is 10.2. The SMILES string of the molecule is C=CCn1c(S[C@@H](C)C(=O)Nc2ccc(C)cc2)nnc1-c1ccoc1C. The van der Waals surface area contributed by atoms with E-state index in [9.17, 15) is 4.79 Å². The molecule has 0 unspecified atom stereocenters. The molecular weight excluding hydrogens is 360 g/mol. The lowest BCUT2D eigenvalue weighted by Crippen LogP contribution is -2.23. The van der Waals surface area contributed by atoms with Crippen LogP contribution >= 0.6 is 11.8 Å². The van der Waals surface area contributed by atoms with Gasteiger partial charge in [-0.3, -0.25) is 9.36 Å². The molecule has 3 rings (SSSR count). The van der Waals surface area contributed by atoms with Gasteiger partial charge in [-0.05, 0) is 39.0 Å². The van der Waals surface area contributed by atoms with Crippen LogP contribution in [0.5, 0.6) is 0 Å². The number of rotatable bonds is 7. The molecule has 0 bridgehead atoms. The van der Waals surface area contributed by atoms with Crippen molar-refractivity contribution in [3.05, 3.63) is 60.6 Å². The summed E-state index contributed by atoms with van der Waals surface area (Å²) >= 11 is 1.36. The molecule has 1 atom stereocenters. The topological polar surface area (TPSA) is 73.0 Å². The molecular formula is C20H22N4O2S. The normalized spacial score (nSPS) is 12.0. The van der Waals surface area contributed by atoms with Crippen molar-refractivity contribution in [2.45, 2.75) is 37.7 Å². The summed E-state index contributed by atoms with van der Waals surface area (Å²) in [4.78, 5) is 12.5. The Bertz CT molecular complexity index is 943. The first kappa shape index (κ1) is 19.0. The third-order valence-electron chi connectivity index (χ3n) is 4.10. The van der Waals surface area contributed by atoms with E-state index in [-0.39, 0.29) is 11.2 Å². The minimum absolute atomic E-state index is 0.0851. The molecule has 1 amide bonds. The number of allylic oxidation sites excluding steroid dienone is 1. The summed E-state index contributed by atoms with van der Waals surface area (Å²) in [6, 6.07) is 9.58. The van der Waals surface area contributed by atoms with E-state index in [4.69, 9.17) is 4.42 Å². The van der Waals surface area contributed by atoms with Crippen molar-refractivity contribution in [2.75, 3.05) is 5.32 Å². The quantitative estimate of drug-likeness (QED) is 0.482. The zero-order valence-corrected chi connectivity index (χ0v) is 16.4. The van der Waals surface area contributed by atoms with Crippen LogP contribution in [0.4, 0.5) is 5.69 Å². The van der Waals surface area contributed by atoms with Gasteiger partial charge in [0, 0.05) is 12.2 Å². The maximum atomic E-state index is 12.5. The Hall–Kier alpha value is -2.80. The van der Waals surface area contributed by atoms with Crippen molar-refractivity contribution in [1.29, 1.82) is 0 Å². The van der Waals surface area contributed by atoms with Gasteiger partial charge in [0.25, 0.3) is 0 Å². The average molecular weight is 382 g/mol. The highest BCUT2D eigenvalue weighted by Crippen LogP contribution is 2.29. The number of hydrogen-bond donors (Lipinski definition) is 1. The molecule has 0 aliphatic heterocycles. The van der Waals surface area contributed by atoms with Crippen molar-refractivity contribution in [3.63, 3.8) is 0 Å². The number of aryl methyl sites for hydroxylation is 2. The van der Waals surface area contributed by atoms with Crippen molar-refractivity contribution >= 4 is 23.4 Å². The van der Waals surface area contributed by atoms with Gasteiger partial charge in [0.15, 0.2) is 11.0 Å². The Labute approximate surface area is 162 Å². The molecule has 1 N–H and O–H groups in total. The Morgan fingerprint density at radius 3 is 2.67 bits per heavy atom. The molecule has 6 nitrogen and oxygen atoms in total. The van der Waals surface area contributed by atoms with E-state index in [1.807, 2.05) is 55.7 Å². The molecule has 0 saturated heterocycles. The van der Waals surface area contributed by atoms with Crippen molar-refractivity contribution in [2.24, 2.45) is 0 Å². The first-order chi connectivity index (χ1) is 13.0. The first-order valence-corrected chi connectivity index (χ1v) is 9.50. The number of carbonyl (C=O) groups excluding carboxylic acids is 1. The summed E-state index contributed by atoms with van der Waals surface area (Å²) in [6.45, 7) is 10.1. The van der Waals surface area contributed by atoms with Gasteiger partial charge >= 0.3 is 0 Å². The Balaban J connectivity index is 1.77. The van der Waals surface area contributed by atoms with Gasteiger partial charge in [-0.25, -0.2) is 0 Å². The highest BCUT2D eigenvalue weighted by molar-refractivity contribution is 8.00. The minimum Gasteiger partial charge on any atom is -0.469 e. The number of hydrogen-bond acceptors (Lipinski definition) is 5. The molecule has 0 spiro atoms. The molecule has 0 fully saturated rings. The predicted molar refractivity (Wildman–Crippen MR) is 108 cm³/mol. The van der Waals surface area contributed by atoms with Crippen molar-refractivity contribution < 1.29 is 9.21 Å². The third kappa shape index (κ3) is 4.31. The lowest BCUT2D eigenvalue weighted by molar-refractivity contribution is -0.115. The number of nitrogens with zero attached hydrogens (tertiary/aromatic N) is 3. The summed E-state index contributed by atoms with van der Waals surface area (Å²) in [5, 5.41) is 11.8. The fourth-order valence-corrected chi connectivity index (χ4v) is 3.44. The fraction of sp³-hybridized carbons (Fsp3) is 0.250. The number of aromatic nitrogens is 3. The van der Waals surface area contributed by atoms with Crippen LogP contribution in [0.3, 0.4) is 0 Å². The molecule has 0 saturated carbocycles. The zero-order chi connectivity index (χ0) is 19.4. The van der Waals surface area contributed by atoms with E-state index in [1.54, 1.807) is 12.3 Å². The monoisotopic (exact) mass is 382 g/mol. The van der Waals surface area contributed by atoms with E-state index in [0.717, 1.165) is 22.6 Å². The fourth-order valence-electron chi connectivity index (χ4n) is 2.58. The second-order valence-electron chi connectivity index (χ2n) is 6.21. The summed E-state index contributed by atoms with van der Waals surface area (Å²) in [5.41, 5.74) is 2.81. The van der Waals surface area contributed by atoms with Gasteiger partial charge in [-0.1, -0.05) is 35.5 Å². The molecule has 3 aromatic rings. The van der Waals surface area contributed by atoms with E-state index in [1.165, 1.54) is 11.8 Å². The first-order valence-electron chi connectivity index (χ1n) is 8.62. The van der Waals surface area contributed by atoms with Crippen LogP contribution in [0, 0.1) is 13.8 Å². The molecule has 7 heteroatoms. The Kier molecular flexibility index (Phi) is 5.81. The smallest absolute Gasteiger partial charge is 0.237 e. The number of amides is 1. The molecule has 2 heterocycles. The summed E-state index contributed by atoms with van der Waals surface area (Å²) in [5.74, 6) is 1.39. The van der Waals surface area contributed by atoms with Crippen molar-refractivity contribution in [3.8, 4) is 11.4 Å². The van der Waals surface area contributed by atoms with E-state index >= 15 is 0 Å². The number of carbonyl (C=O) groups is 1. The van der Waals surface area contributed by atoms with Gasteiger partial charge < -0.3 is 9.73 Å². The second-order valence-corrected chi connectivity index (χ2v) is 7.52. The average Bonchev–Trinajstić information content (AvgIpc) is 3.23. The molecule has 0 radical (unpaired) electrons. The number of anilines is 1. The van der Waals surface area contributed by atoms with Crippen LogP contribution in [0.2, 0.25) is 0 Å². The van der Waals surface area contributed by atoms with Crippen LogP contribution in [-0.2, 0) is 11.3 Å². The maximum Gasteiger partial charge on any atom is 0.237 e. The second kappa shape index (κ2) is 8.26. The lowest BCUT2D eigenvalue weighted by Gasteiger charge is -2.13. The van der Waals surface area contributed by atoms with Crippen LogP contribution in [0.15, 0.2) is 58.8 Å². The molecule has 140 valence electrons. The van der Waals surface area contributed by atoms with E-state index in [0.29, 0.717) is 17.5 Å². The number of furan rings is 1. The van der Waals surface area contributed by atoms with Crippen LogP contribution < -0.4 is 5.32 Å². The summed E-state index contributed by atoms with van der Waals surface area (Å²) < 4.78 is 7.31. The van der Waals surface area contributed by atoms with Crippen molar-refractivity contribution in [1.82, 2.24) is 14.8 Å². The van der Waals surface area contributed by atoms with Crippen LogP contribution in [0.1, 0.15) is 18.2 Å². The standard InChI is InChI=1S/C20H22N4O2S/c1-5-11-24-18(17-10-12-26-14(17)3)22-23-20(24)27-15(4)19(25)21-16-8-6-13(2)7-9-16/h5-10,12,15H,1,11H2,2-4H3,(H,21,25)/t15-/m0/s1. The number of thioether (sulfide) groups is 1. The maximum absolute atomic E-state index is 12.5. The van der Waals surface area contributed by atoms with Gasteiger partial charge in [0.2, 0.25) is 5.91 Å². The number of benzene rings is 1. The molecule has 27 heavy (non-hydrogen) atoms. The molecule has 1 aromatic carbocycles. The van der Waals surface area contributed by atoms with Gasteiger partial charge in [0.05, 0.1) is 17.1 Å². The third-order valence-corrected chi connectivity index (χ3v) is 5.18. The Morgan fingerprint density at radius 1 is 1.30 bits per heavy atom. The predicted octanol–water partition coefficient (Wildman–Crippen LogP) is 4.46. The van der Waals surface area contributed by atoms with Crippen LogP contribution in [0.25, 0.3) is 11.4 Å². The largest absolute Gasteiger partial charge is 0.469 e. The Morgan fingerprint density at radius 2 is 2.04 bits per heavy atom. The van der Waals surface area contributed by atoms with Gasteiger partial charge in [-0.2, -0.15) is 0 Å². The van der Waals surface area contributed by atoms with Crippen LogP contribution in [-0.4, -0.2) is 25.9 Å². The number of nitrogens with one attached hydrogen (secondary N) is 1. The zero-order valence-electron chi connectivity index (χ0n) is 15.6. The van der Waals surface area contributed by atoms with E-state index in [2.05, 4.69) is 22.1 Å². The minimum atomic E-state index is -0.336. The molecule has 0 aliphatic rings. The van der Waals surface area contributed by atoms with E-state index < -0.39 is 0 Å². The highest BCUT2D eigenvalue weighted by Gasteiger charge is 2.21. The van der Waals surface area contributed by atoms with Gasteiger partial charge in [-0.15, -0.1) is 16.8 Å². The highest BCUT2D eigenvalue weighted by atomic mass is 32.2. The van der Waals surface area contributed by atoms with Gasteiger partial charge in [0.1, 0.15) is 5.76 Å². The molecule has 2 aromatic heterocycles. The summed E-state index contributed by atoms with van der Waals surface area (Å²) in [6.07, 6.45) is 3.41.